The summed E-state index contributed by atoms with van der Waals surface area (Å²) in [6.45, 7) is 9.43. The molecule has 5 heteroatoms. The van der Waals surface area contributed by atoms with Crippen molar-refractivity contribution in [3.05, 3.63) is 59.8 Å². The van der Waals surface area contributed by atoms with E-state index in [1.165, 1.54) is 16.8 Å². The maximum Gasteiger partial charge on any atom is 0.139 e. The van der Waals surface area contributed by atoms with Crippen molar-refractivity contribution in [2.24, 2.45) is 0 Å². The van der Waals surface area contributed by atoms with Crippen LogP contribution in [0.4, 0.5) is 5.69 Å². The number of rotatable bonds is 2. The molecule has 2 N–H and O–H groups in total. The Morgan fingerprint density at radius 3 is 2.84 bits per heavy atom. The van der Waals surface area contributed by atoms with Gasteiger partial charge >= 0.3 is 0 Å². The van der Waals surface area contributed by atoms with Crippen molar-refractivity contribution < 1.29 is 0 Å². The Bertz CT molecular complexity index is 962. The molecule has 0 bridgehead atoms. The third kappa shape index (κ3) is 2.86. The van der Waals surface area contributed by atoms with E-state index in [2.05, 4.69) is 71.2 Å². The van der Waals surface area contributed by atoms with Crippen LogP contribution in [0.15, 0.2) is 43.0 Å². The number of aryl methyl sites for hydroxylation is 1. The monoisotopic (exact) mass is 333 g/mol. The Balaban J connectivity index is 1.85. The van der Waals surface area contributed by atoms with Crippen LogP contribution >= 0.6 is 0 Å². The molecule has 5 nitrogen and oxygen atoms in total. The highest BCUT2D eigenvalue weighted by Gasteiger charge is 2.24. The van der Waals surface area contributed by atoms with E-state index in [0.29, 0.717) is 0 Å². The van der Waals surface area contributed by atoms with E-state index in [4.69, 9.17) is 0 Å². The molecule has 0 amide bonds. The first-order valence-electron chi connectivity index (χ1n) is 8.55. The minimum absolute atomic E-state index is 0.0290. The number of aromatic amines is 1. The van der Waals surface area contributed by atoms with Crippen molar-refractivity contribution in [2.75, 3.05) is 4.90 Å². The molecule has 0 atom stereocenters. The predicted octanol–water partition coefficient (Wildman–Crippen LogP) is 3.97. The van der Waals surface area contributed by atoms with Gasteiger partial charge in [0.05, 0.1) is 11.4 Å². The largest absolute Gasteiger partial charge is 0.379 e. The first-order chi connectivity index (χ1) is 11.9. The topological polar surface area (TPSA) is 56.8 Å². The molecule has 3 aromatic rings. The smallest absolute Gasteiger partial charge is 0.139 e. The molecule has 0 spiro atoms. The van der Waals surface area contributed by atoms with E-state index in [1.807, 2.05) is 24.7 Å². The highest BCUT2D eigenvalue weighted by atomic mass is 15.2. The number of hydrogen-bond acceptors (Lipinski definition) is 4. The average molecular weight is 333 g/mol. The number of hydrogen-bond donors (Lipinski definition) is 2. The molecule has 0 radical (unpaired) electrons. The van der Waals surface area contributed by atoms with E-state index in [0.717, 1.165) is 29.0 Å². The fraction of sp³-hybridized carbons (Fsp3) is 0.300. The Hall–Kier alpha value is -2.82. The summed E-state index contributed by atoms with van der Waals surface area (Å²) in [5, 5.41) is 4.77. The normalized spacial score (nSPS) is 14.4. The first kappa shape index (κ1) is 15.7. The molecule has 4 rings (SSSR count). The van der Waals surface area contributed by atoms with Gasteiger partial charge in [0.2, 0.25) is 0 Å². The lowest BCUT2D eigenvalue weighted by atomic mass is 10.0. The van der Waals surface area contributed by atoms with Gasteiger partial charge in [0.1, 0.15) is 5.65 Å². The molecule has 3 aromatic heterocycles. The summed E-state index contributed by atoms with van der Waals surface area (Å²) in [6, 6.07) is 6.20. The molecule has 0 aliphatic carbocycles. The molecule has 1 aliphatic rings. The quantitative estimate of drug-likeness (QED) is 0.745. The summed E-state index contributed by atoms with van der Waals surface area (Å²) in [5.41, 5.74) is 6.73. The molecule has 0 unspecified atom stereocenters. The zero-order valence-electron chi connectivity index (χ0n) is 15.1. The van der Waals surface area contributed by atoms with Crippen molar-refractivity contribution in [2.45, 2.75) is 39.8 Å². The second kappa shape index (κ2) is 5.62. The van der Waals surface area contributed by atoms with Gasteiger partial charge in [-0.1, -0.05) is 0 Å². The number of anilines is 1. The Morgan fingerprint density at radius 2 is 2.04 bits per heavy atom. The van der Waals surface area contributed by atoms with Crippen molar-refractivity contribution in [3.8, 4) is 0 Å². The zero-order chi connectivity index (χ0) is 17.6. The predicted molar refractivity (Wildman–Crippen MR) is 102 cm³/mol. The summed E-state index contributed by atoms with van der Waals surface area (Å²) in [4.78, 5) is 14.5. The standard InChI is InChI=1S/C20H23N5/c1-13-18(15-6-5-8-22-19(15)23-13)25-11-14-7-9-21-10-16(14)17(12-25)24-20(2,3)4/h5-10,12,24H,11H2,1-4H3,(H,22,23). The maximum absolute atomic E-state index is 4.45. The Labute approximate surface area is 147 Å². The number of aromatic nitrogens is 3. The molecule has 0 saturated heterocycles. The van der Waals surface area contributed by atoms with E-state index < -0.39 is 0 Å². The van der Waals surface area contributed by atoms with Crippen LogP contribution in [0.25, 0.3) is 16.7 Å². The second-order valence-corrected chi connectivity index (χ2v) is 7.58. The van der Waals surface area contributed by atoms with Gasteiger partial charge < -0.3 is 15.2 Å². The van der Waals surface area contributed by atoms with Crippen LogP contribution in [-0.2, 0) is 6.54 Å². The van der Waals surface area contributed by atoms with Crippen molar-refractivity contribution in [1.82, 2.24) is 20.3 Å². The van der Waals surface area contributed by atoms with Gasteiger partial charge in [0, 0.05) is 53.5 Å². The minimum Gasteiger partial charge on any atom is -0.379 e. The lowest BCUT2D eigenvalue weighted by Gasteiger charge is -2.33. The maximum atomic E-state index is 4.45. The molecule has 0 saturated carbocycles. The number of nitrogens with zero attached hydrogens (tertiary/aromatic N) is 3. The van der Waals surface area contributed by atoms with Crippen LogP contribution in [0.3, 0.4) is 0 Å². The van der Waals surface area contributed by atoms with Gasteiger partial charge in [-0.3, -0.25) is 4.98 Å². The van der Waals surface area contributed by atoms with Crippen molar-refractivity contribution >= 4 is 22.4 Å². The fourth-order valence-corrected chi connectivity index (χ4v) is 3.41. The van der Waals surface area contributed by atoms with Crippen LogP contribution in [0, 0.1) is 6.92 Å². The summed E-state index contributed by atoms with van der Waals surface area (Å²) >= 11 is 0. The van der Waals surface area contributed by atoms with Crippen LogP contribution in [0.2, 0.25) is 0 Å². The van der Waals surface area contributed by atoms with Gasteiger partial charge in [-0.15, -0.1) is 0 Å². The van der Waals surface area contributed by atoms with Crippen LogP contribution in [0.1, 0.15) is 37.6 Å². The molecule has 0 aromatic carbocycles. The number of fused-ring (bicyclic) bond motifs is 2. The molecule has 25 heavy (non-hydrogen) atoms. The van der Waals surface area contributed by atoms with Gasteiger partial charge in [-0.2, -0.15) is 0 Å². The third-order valence-electron chi connectivity index (χ3n) is 4.35. The lowest BCUT2D eigenvalue weighted by Crippen LogP contribution is -2.37. The zero-order valence-corrected chi connectivity index (χ0v) is 15.1. The van der Waals surface area contributed by atoms with Crippen LogP contribution in [-0.4, -0.2) is 20.5 Å². The summed E-state index contributed by atoms with van der Waals surface area (Å²) in [6.07, 6.45) is 7.82. The van der Waals surface area contributed by atoms with Gasteiger partial charge in [-0.25, -0.2) is 4.98 Å². The fourth-order valence-electron chi connectivity index (χ4n) is 3.41. The Morgan fingerprint density at radius 1 is 1.20 bits per heavy atom. The molecular weight excluding hydrogens is 310 g/mol. The third-order valence-corrected chi connectivity index (χ3v) is 4.35. The van der Waals surface area contributed by atoms with E-state index >= 15 is 0 Å². The van der Waals surface area contributed by atoms with E-state index in [-0.39, 0.29) is 5.54 Å². The second-order valence-electron chi connectivity index (χ2n) is 7.58. The summed E-state index contributed by atoms with van der Waals surface area (Å²) in [5.74, 6) is 0. The number of H-pyrrole nitrogens is 1. The highest BCUT2D eigenvalue weighted by molar-refractivity contribution is 5.94. The van der Waals surface area contributed by atoms with E-state index in [9.17, 15) is 0 Å². The Kier molecular flexibility index (Phi) is 3.53. The minimum atomic E-state index is -0.0290. The highest BCUT2D eigenvalue weighted by Crippen LogP contribution is 2.35. The van der Waals surface area contributed by atoms with Crippen molar-refractivity contribution in [1.29, 1.82) is 0 Å². The summed E-state index contributed by atoms with van der Waals surface area (Å²) < 4.78 is 0. The average Bonchev–Trinajstić information content (AvgIpc) is 2.89. The lowest BCUT2D eigenvalue weighted by molar-refractivity contribution is 0.499. The van der Waals surface area contributed by atoms with E-state index in [1.54, 1.807) is 0 Å². The molecule has 128 valence electrons. The summed E-state index contributed by atoms with van der Waals surface area (Å²) in [7, 11) is 0. The van der Waals surface area contributed by atoms with Gasteiger partial charge in [0.15, 0.2) is 0 Å². The van der Waals surface area contributed by atoms with Crippen LogP contribution in [0.5, 0.6) is 0 Å². The van der Waals surface area contributed by atoms with Gasteiger partial charge in [0.25, 0.3) is 0 Å². The van der Waals surface area contributed by atoms with Crippen LogP contribution < -0.4 is 10.2 Å². The van der Waals surface area contributed by atoms with Crippen molar-refractivity contribution in [3.63, 3.8) is 0 Å². The molecular formula is C20H23N5. The molecule has 1 aliphatic heterocycles. The molecule has 4 heterocycles. The first-order valence-corrected chi connectivity index (χ1v) is 8.55. The SMILES string of the molecule is Cc1[nH]c2ncccc2c1N1C=C(NC(C)(C)C)c2cnccc2C1. The van der Waals surface area contributed by atoms with Gasteiger partial charge in [-0.05, 0) is 51.5 Å². The number of nitrogens with one attached hydrogen (secondary N) is 2. The number of pyridine rings is 2. The molecule has 0 fully saturated rings.